The van der Waals surface area contributed by atoms with Crippen LogP contribution in [0.1, 0.15) is 21.7 Å². The molecule has 3 aromatic heterocycles. The maximum absolute atomic E-state index is 13.5. The Morgan fingerprint density at radius 2 is 2.10 bits per heavy atom. The monoisotopic (exact) mass is 439 g/mol. The maximum Gasteiger partial charge on any atom is 0.260 e. The lowest BCUT2D eigenvalue weighted by molar-refractivity contribution is 0.0983. The first-order valence-corrected chi connectivity index (χ1v) is 10.9. The van der Waals surface area contributed by atoms with E-state index in [0.717, 1.165) is 26.0 Å². The topological polar surface area (TPSA) is 59.2 Å². The Labute approximate surface area is 179 Å². The normalized spacial score (nSPS) is 11.4. The number of rotatable bonds is 4. The van der Waals surface area contributed by atoms with Gasteiger partial charge in [-0.3, -0.25) is 9.69 Å². The zero-order valence-electron chi connectivity index (χ0n) is 15.3. The van der Waals surface area contributed by atoms with Crippen molar-refractivity contribution in [1.82, 2.24) is 9.97 Å². The fraction of sp³-hybridized carbons (Fsp3) is 0.0952. The van der Waals surface area contributed by atoms with Crippen molar-refractivity contribution >= 4 is 65.7 Å². The highest BCUT2D eigenvalue weighted by Crippen LogP contribution is 2.34. The molecule has 0 radical (unpaired) electrons. The second-order valence-corrected chi connectivity index (χ2v) is 8.90. The van der Waals surface area contributed by atoms with Crippen molar-refractivity contribution in [3.8, 4) is 0 Å². The van der Waals surface area contributed by atoms with Crippen molar-refractivity contribution in [2.45, 2.75) is 13.5 Å². The predicted octanol–water partition coefficient (Wildman–Crippen LogP) is 6.31. The Kier molecular flexibility index (Phi) is 4.58. The molecule has 3 heterocycles. The summed E-state index contributed by atoms with van der Waals surface area (Å²) in [4.78, 5) is 24.2. The van der Waals surface area contributed by atoms with Gasteiger partial charge in [-0.25, -0.2) is 9.97 Å². The van der Waals surface area contributed by atoms with Crippen LogP contribution in [0, 0.1) is 6.92 Å². The van der Waals surface area contributed by atoms with Crippen molar-refractivity contribution in [1.29, 1.82) is 0 Å². The number of hydrogen-bond donors (Lipinski definition) is 0. The van der Waals surface area contributed by atoms with E-state index in [9.17, 15) is 4.79 Å². The van der Waals surface area contributed by atoms with Crippen LogP contribution in [-0.4, -0.2) is 15.9 Å². The van der Waals surface area contributed by atoms with Gasteiger partial charge in [0, 0.05) is 10.6 Å². The molecular weight excluding hydrogens is 426 g/mol. The van der Waals surface area contributed by atoms with Gasteiger partial charge in [-0.1, -0.05) is 22.9 Å². The number of carbonyl (C=O) groups is 1. The SMILES string of the molecule is Cc1cc(Cl)cc2sc(N(Cc3ccco3)C(=O)c3ccc4ncsc4c3)nc12. The van der Waals surface area contributed by atoms with Crippen LogP contribution in [0.15, 0.2) is 58.7 Å². The maximum atomic E-state index is 13.5. The minimum atomic E-state index is -0.139. The lowest BCUT2D eigenvalue weighted by Gasteiger charge is -2.18. The van der Waals surface area contributed by atoms with Crippen molar-refractivity contribution < 1.29 is 9.21 Å². The number of thiazole rings is 2. The van der Waals surface area contributed by atoms with Crippen molar-refractivity contribution in [2.24, 2.45) is 0 Å². The van der Waals surface area contributed by atoms with Gasteiger partial charge in [0.2, 0.25) is 0 Å². The molecule has 0 saturated heterocycles. The lowest BCUT2D eigenvalue weighted by Crippen LogP contribution is -2.30. The average molecular weight is 440 g/mol. The smallest absolute Gasteiger partial charge is 0.260 e. The number of nitrogens with zero attached hydrogens (tertiary/aromatic N) is 3. The van der Waals surface area contributed by atoms with Crippen LogP contribution in [0.25, 0.3) is 20.4 Å². The van der Waals surface area contributed by atoms with Crippen LogP contribution in [0.5, 0.6) is 0 Å². The van der Waals surface area contributed by atoms with Crippen LogP contribution in [-0.2, 0) is 6.54 Å². The number of benzene rings is 2. The zero-order valence-corrected chi connectivity index (χ0v) is 17.6. The number of hydrogen-bond acceptors (Lipinski definition) is 6. The number of aromatic nitrogens is 2. The minimum Gasteiger partial charge on any atom is -0.467 e. The van der Waals surface area contributed by atoms with E-state index in [1.807, 2.05) is 43.3 Å². The van der Waals surface area contributed by atoms with Gasteiger partial charge in [-0.15, -0.1) is 11.3 Å². The number of anilines is 1. The first-order valence-electron chi connectivity index (χ1n) is 8.83. The summed E-state index contributed by atoms with van der Waals surface area (Å²) in [6.07, 6.45) is 1.60. The summed E-state index contributed by atoms with van der Waals surface area (Å²) >= 11 is 9.16. The lowest BCUT2D eigenvalue weighted by atomic mass is 10.2. The molecule has 0 bridgehead atoms. The first-order chi connectivity index (χ1) is 14.1. The van der Waals surface area contributed by atoms with E-state index in [4.69, 9.17) is 21.0 Å². The number of aryl methyl sites for hydroxylation is 1. The number of carbonyl (C=O) groups excluding carboxylic acids is 1. The standard InChI is InChI=1S/C21H14ClN3O2S2/c1-12-7-14(22)9-18-19(12)24-21(29-18)25(10-15-3-2-6-27-15)20(26)13-4-5-16-17(8-13)28-11-23-16/h2-9,11H,10H2,1H3. The molecule has 0 atom stereocenters. The molecule has 0 aliphatic rings. The van der Waals surface area contributed by atoms with E-state index in [1.165, 1.54) is 22.7 Å². The van der Waals surface area contributed by atoms with E-state index in [0.29, 0.717) is 28.0 Å². The summed E-state index contributed by atoms with van der Waals surface area (Å²) in [5.41, 5.74) is 5.08. The highest BCUT2D eigenvalue weighted by molar-refractivity contribution is 7.22. The van der Waals surface area contributed by atoms with E-state index >= 15 is 0 Å². The van der Waals surface area contributed by atoms with Crippen molar-refractivity contribution in [2.75, 3.05) is 4.90 Å². The molecule has 0 saturated carbocycles. The van der Waals surface area contributed by atoms with Gasteiger partial charge in [-0.2, -0.15) is 0 Å². The minimum absolute atomic E-state index is 0.139. The van der Waals surface area contributed by atoms with Crippen molar-refractivity contribution in [3.05, 3.63) is 76.1 Å². The second-order valence-electron chi connectivity index (χ2n) is 6.57. The summed E-state index contributed by atoms with van der Waals surface area (Å²) < 4.78 is 7.42. The zero-order chi connectivity index (χ0) is 20.0. The Morgan fingerprint density at radius 3 is 2.93 bits per heavy atom. The molecule has 0 aliphatic heterocycles. The quantitative estimate of drug-likeness (QED) is 0.329. The highest BCUT2D eigenvalue weighted by atomic mass is 35.5. The summed E-state index contributed by atoms with van der Waals surface area (Å²) in [7, 11) is 0. The molecule has 0 N–H and O–H groups in total. The highest BCUT2D eigenvalue weighted by Gasteiger charge is 2.23. The van der Waals surface area contributed by atoms with Crippen LogP contribution >= 0.6 is 34.3 Å². The molecule has 8 heteroatoms. The van der Waals surface area contributed by atoms with Crippen LogP contribution < -0.4 is 4.90 Å². The van der Waals surface area contributed by atoms with Gasteiger partial charge in [0.1, 0.15) is 5.76 Å². The molecule has 5 nitrogen and oxygen atoms in total. The van der Waals surface area contributed by atoms with Gasteiger partial charge in [0.25, 0.3) is 5.91 Å². The third-order valence-electron chi connectivity index (χ3n) is 4.59. The van der Waals surface area contributed by atoms with Gasteiger partial charge >= 0.3 is 0 Å². The summed E-state index contributed by atoms with van der Waals surface area (Å²) in [6.45, 7) is 2.26. The molecule has 5 rings (SSSR count). The molecule has 2 aromatic carbocycles. The molecule has 0 unspecified atom stereocenters. The van der Waals surface area contributed by atoms with Crippen molar-refractivity contribution in [3.63, 3.8) is 0 Å². The third-order valence-corrected chi connectivity index (χ3v) is 6.62. The Balaban J connectivity index is 1.60. The predicted molar refractivity (Wildman–Crippen MR) is 118 cm³/mol. The second kappa shape index (κ2) is 7.26. The molecule has 1 amide bonds. The van der Waals surface area contributed by atoms with Crippen LogP contribution in [0.2, 0.25) is 5.02 Å². The van der Waals surface area contributed by atoms with Gasteiger partial charge < -0.3 is 4.42 Å². The number of halogens is 1. The van der Waals surface area contributed by atoms with Crippen LogP contribution in [0.3, 0.4) is 0 Å². The molecule has 0 spiro atoms. The molecule has 29 heavy (non-hydrogen) atoms. The fourth-order valence-corrected chi connectivity index (χ4v) is 5.32. The Morgan fingerprint density at radius 1 is 1.21 bits per heavy atom. The van der Waals surface area contributed by atoms with Gasteiger partial charge in [0.15, 0.2) is 5.13 Å². The van der Waals surface area contributed by atoms with E-state index in [1.54, 1.807) is 22.7 Å². The van der Waals surface area contributed by atoms with Crippen LogP contribution in [0.4, 0.5) is 5.13 Å². The summed E-state index contributed by atoms with van der Waals surface area (Å²) in [5, 5.41) is 1.26. The largest absolute Gasteiger partial charge is 0.467 e. The van der Waals surface area contributed by atoms with Gasteiger partial charge in [0.05, 0.1) is 38.8 Å². The molecule has 0 aliphatic carbocycles. The number of amides is 1. The van der Waals surface area contributed by atoms with E-state index in [-0.39, 0.29) is 5.91 Å². The number of furan rings is 1. The first kappa shape index (κ1) is 18.3. The molecule has 144 valence electrons. The average Bonchev–Trinajstić information content (AvgIpc) is 3.44. The molecular formula is C21H14ClN3O2S2. The van der Waals surface area contributed by atoms with Gasteiger partial charge in [-0.05, 0) is 55.0 Å². The summed E-state index contributed by atoms with van der Waals surface area (Å²) in [6, 6.07) is 13.0. The molecule has 5 aromatic rings. The summed E-state index contributed by atoms with van der Waals surface area (Å²) in [5.74, 6) is 0.547. The Bertz CT molecular complexity index is 1340. The molecule has 0 fully saturated rings. The fourth-order valence-electron chi connectivity index (χ4n) is 3.19. The Hall–Kier alpha value is -2.74. The number of fused-ring (bicyclic) bond motifs is 2. The van der Waals surface area contributed by atoms with E-state index in [2.05, 4.69) is 4.98 Å². The third kappa shape index (κ3) is 3.42. The van der Waals surface area contributed by atoms with E-state index < -0.39 is 0 Å².